The minimum absolute atomic E-state index is 0.0966. The highest BCUT2D eigenvalue weighted by Crippen LogP contribution is 1.96. The maximum absolute atomic E-state index is 10.8. The van der Waals surface area contributed by atoms with Crippen LogP contribution in [-0.4, -0.2) is 12.8 Å². The van der Waals surface area contributed by atoms with E-state index in [0.29, 0.717) is 6.54 Å². The van der Waals surface area contributed by atoms with Crippen molar-refractivity contribution in [2.45, 2.75) is 6.54 Å². The summed E-state index contributed by atoms with van der Waals surface area (Å²) in [4.78, 5) is 10.8. The van der Waals surface area contributed by atoms with Crippen molar-refractivity contribution < 1.29 is 9.53 Å². The fraction of sp³-hybridized carbons (Fsp3) is 0.222. The fourth-order valence-electron chi connectivity index (χ4n) is 0.897. The molecule has 0 saturated carbocycles. The molecule has 70 valence electrons. The summed E-state index contributed by atoms with van der Waals surface area (Å²) in [6.45, 7) is 0.361. The average Bonchev–Trinajstić information content (AvgIpc) is 2.17. The summed E-state index contributed by atoms with van der Waals surface area (Å²) >= 11 is 0. The molecule has 0 aromatic heterocycles. The van der Waals surface area contributed by atoms with E-state index < -0.39 is 6.09 Å². The number of nitrogens with two attached hydrogens (primary N) is 1. The second-order valence-electron chi connectivity index (χ2n) is 2.44. The van der Waals surface area contributed by atoms with Crippen LogP contribution in [0, 0.1) is 0 Å². The van der Waals surface area contributed by atoms with Crippen molar-refractivity contribution in [2.24, 2.45) is 5.73 Å². The minimum atomic E-state index is -0.494. The lowest BCUT2D eigenvalue weighted by molar-refractivity contribution is 0.148. The Kier molecular flexibility index (Phi) is 3.78. The van der Waals surface area contributed by atoms with Crippen molar-refractivity contribution in [3.8, 4) is 0 Å². The zero-order chi connectivity index (χ0) is 9.52. The Labute approximate surface area is 76.7 Å². The van der Waals surface area contributed by atoms with Crippen molar-refractivity contribution in [3.05, 3.63) is 35.9 Å². The molecule has 0 bridgehead atoms. The molecule has 0 atom stereocenters. The summed E-state index contributed by atoms with van der Waals surface area (Å²) < 4.78 is 4.49. The fourth-order valence-corrected chi connectivity index (χ4v) is 0.897. The Bertz CT molecular complexity index is 262. The van der Waals surface area contributed by atoms with E-state index in [0.717, 1.165) is 5.56 Å². The highest BCUT2D eigenvalue weighted by atomic mass is 16.6. The summed E-state index contributed by atoms with van der Waals surface area (Å²) in [5, 5.41) is 2.56. The number of hydrogen-bond acceptors (Lipinski definition) is 3. The third-order valence-corrected chi connectivity index (χ3v) is 1.49. The van der Waals surface area contributed by atoms with Crippen LogP contribution in [0.2, 0.25) is 0 Å². The Morgan fingerprint density at radius 2 is 2.08 bits per heavy atom. The van der Waals surface area contributed by atoms with Crippen LogP contribution >= 0.6 is 0 Å². The number of rotatable bonds is 3. The van der Waals surface area contributed by atoms with Crippen LogP contribution in [0.4, 0.5) is 4.79 Å². The Morgan fingerprint density at radius 1 is 1.38 bits per heavy atom. The molecule has 0 fully saturated rings. The van der Waals surface area contributed by atoms with Gasteiger partial charge in [0.15, 0.2) is 0 Å². The van der Waals surface area contributed by atoms with Gasteiger partial charge in [-0.1, -0.05) is 30.3 Å². The standard InChI is InChI=1S/C9H12N2O2/c10-7-13-9(12)11-6-8-4-2-1-3-5-8/h1-5H,6-7,10H2,(H,11,12). The number of amides is 1. The first-order valence-electron chi connectivity index (χ1n) is 3.97. The second kappa shape index (κ2) is 5.16. The smallest absolute Gasteiger partial charge is 0.408 e. The summed E-state index contributed by atoms with van der Waals surface area (Å²) in [5.74, 6) is 0. The monoisotopic (exact) mass is 180 g/mol. The molecule has 0 heterocycles. The van der Waals surface area contributed by atoms with Crippen LogP contribution in [0.1, 0.15) is 5.56 Å². The molecule has 13 heavy (non-hydrogen) atoms. The van der Waals surface area contributed by atoms with Crippen LogP contribution in [0.3, 0.4) is 0 Å². The van der Waals surface area contributed by atoms with E-state index in [1.54, 1.807) is 0 Å². The molecule has 0 aliphatic heterocycles. The molecule has 0 unspecified atom stereocenters. The number of ether oxygens (including phenoxy) is 1. The van der Waals surface area contributed by atoms with Gasteiger partial charge in [0.1, 0.15) is 6.73 Å². The van der Waals surface area contributed by atoms with E-state index >= 15 is 0 Å². The summed E-state index contributed by atoms with van der Waals surface area (Å²) in [6.07, 6.45) is -0.494. The Balaban J connectivity index is 2.31. The van der Waals surface area contributed by atoms with E-state index in [2.05, 4.69) is 10.1 Å². The maximum Gasteiger partial charge on any atom is 0.408 e. The Hall–Kier alpha value is -1.55. The van der Waals surface area contributed by atoms with Crippen LogP contribution in [0.15, 0.2) is 30.3 Å². The SMILES string of the molecule is NCOC(=O)NCc1ccccc1. The first kappa shape index (κ1) is 9.54. The van der Waals surface area contributed by atoms with Crippen LogP contribution in [0.5, 0.6) is 0 Å². The lowest BCUT2D eigenvalue weighted by Gasteiger charge is -2.04. The van der Waals surface area contributed by atoms with Gasteiger partial charge in [0.05, 0.1) is 0 Å². The van der Waals surface area contributed by atoms with E-state index in [1.807, 2.05) is 30.3 Å². The van der Waals surface area contributed by atoms with Gasteiger partial charge in [0, 0.05) is 6.54 Å². The largest absolute Gasteiger partial charge is 0.434 e. The quantitative estimate of drug-likeness (QED) is 0.677. The lowest BCUT2D eigenvalue weighted by Crippen LogP contribution is -2.25. The number of carbonyl (C=O) groups excluding carboxylic acids is 1. The average molecular weight is 180 g/mol. The van der Waals surface area contributed by atoms with Crippen molar-refractivity contribution in [1.29, 1.82) is 0 Å². The van der Waals surface area contributed by atoms with E-state index in [9.17, 15) is 4.79 Å². The molecule has 0 radical (unpaired) electrons. The van der Waals surface area contributed by atoms with Crippen LogP contribution in [-0.2, 0) is 11.3 Å². The molecule has 0 saturated heterocycles. The van der Waals surface area contributed by atoms with Crippen molar-refractivity contribution in [1.82, 2.24) is 5.32 Å². The predicted molar refractivity (Wildman–Crippen MR) is 48.8 cm³/mol. The number of nitrogens with one attached hydrogen (secondary N) is 1. The normalized spacial score (nSPS) is 9.31. The van der Waals surface area contributed by atoms with E-state index in [4.69, 9.17) is 5.73 Å². The number of alkyl carbamates (subject to hydrolysis) is 1. The third kappa shape index (κ3) is 3.57. The summed E-state index contributed by atoms with van der Waals surface area (Å²) in [6, 6.07) is 9.57. The molecule has 1 rings (SSSR count). The predicted octanol–water partition coefficient (Wildman–Crippen LogP) is 0.829. The van der Waals surface area contributed by atoms with Gasteiger partial charge >= 0.3 is 6.09 Å². The number of benzene rings is 1. The van der Waals surface area contributed by atoms with E-state index in [1.165, 1.54) is 0 Å². The van der Waals surface area contributed by atoms with Crippen molar-refractivity contribution in [2.75, 3.05) is 6.73 Å². The Morgan fingerprint density at radius 3 is 2.69 bits per heavy atom. The van der Waals surface area contributed by atoms with Crippen LogP contribution < -0.4 is 11.1 Å². The zero-order valence-corrected chi connectivity index (χ0v) is 7.19. The molecular weight excluding hydrogens is 168 g/mol. The minimum Gasteiger partial charge on any atom is -0.434 e. The molecule has 0 aliphatic carbocycles. The third-order valence-electron chi connectivity index (χ3n) is 1.49. The molecular formula is C9H12N2O2. The molecule has 1 amide bonds. The molecule has 1 aromatic rings. The summed E-state index contributed by atoms with van der Waals surface area (Å²) in [7, 11) is 0. The van der Waals surface area contributed by atoms with Crippen molar-refractivity contribution in [3.63, 3.8) is 0 Å². The first-order valence-corrected chi connectivity index (χ1v) is 3.97. The van der Waals surface area contributed by atoms with Gasteiger partial charge in [-0.2, -0.15) is 0 Å². The van der Waals surface area contributed by atoms with Crippen molar-refractivity contribution >= 4 is 6.09 Å². The van der Waals surface area contributed by atoms with Gasteiger partial charge in [0.2, 0.25) is 0 Å². The second-order valence-corrected chi connectivity index (χ2v) is 2.44. The molecule has 1 aromatic carbocycles. The van der Waals surface area contributed by atoms with Gasteiger partial charge in [-0.25, -0.2) is 4.79 Å². The zero-order valence-electron chi connectivity index (χ0n) is 7.19. The van der Waals surface area contributed by atoms with Crippen LogP contribution in [0.25, 0.3) is 0 Å². The lowest BCUT2D eigenvalue weighted by atomic mass is 10.2. The van der Waals surface area contributed by atoms with Gasteiger partial charge in [-0.05, 0) is 5.56 Å². The topological polar surface area (TPSA) is 64.3 Å². The molecule has 4 heteroatoms. The number of hydrogen-bond donors (Lipinski definition) is 2. The number of carbonyl (C=O) groups is 1. The molecule has 0 spiro atoms. The van der Waals surface area contributed by atoms with Gasteiger partial charge in [-0.15, -0.1) is 0 Å². The molecule has 3 N–H and O–H groups in total. The first-order chi connectivity index (χ1) is 6.33. The molecule has 0 aliphatic rings. The van der Waals surface area contributed by atoms with Gasteiger partial charge in [0.25, 0.3) is 0 Å². The van der Waals surface area contributed by atoms with Gasteiger partial charge in [-0.3, -0.25) is 5.73 Å². The highest BCUT2D eigenvalue weighted by molar-refractivity contribution is 5.67. The van der Waals surface area contributed by atoms with E-state index in [-0.39, 0.29) is 6.73 Å². The highest BCUT2D eigenvalue weighted by Gasteiger charge is 1.98. The van der Waals surface area contributed by atoms with Gasteiger partial charge < -0.3 is 10.1 Å². The molecule has 4 nitrogen and oxygen atoms in total. The maximum atomic E-state index is 10.8. The summed E-state index contributed by atoms with van der Waals surface area (Å²) in [5.41, 5.74) is 6.04.